The molecule has 2 aliphatic rings. The summed E-state index contributed by atoms with van der Waals surface area (Å²) < 4.78 is 5.47. The average molecular weight is 374 g/mol. The highest BCUT2D eigenvalue weighted by molar-refractivity contribution is 5.96. The van der Waals surface area contributed by atoms with Crippen LogP contribution in [0.2, 0.25) is 0 Å². The van der Waals surface area contributed by atoms with Gasteiger partial charge in [0, 0.05) is 36.9 Å². The van der Waals surface area contributed by atoms with Gasteiger partial charge in [-0.2, -0.15) is 0 Å². The average Bonchev–Trinajstić information content (AvgIpc) is 2.68. The van der Waals surface area contributed by atoms with Crippen molar-refractivity contribution in [3.8, 4) is 0 Å². The van der Waals surface area contributed by atoms with Crippen LogP contribution >= 0.6 is 0 Å². The molecule has 0 radical (unpaired) electrons. The van der Waals surface area contributed by atoms with Crippen molar-refractivity contribution in [2.45, 2.75) is 38.7 Å². The van der Waals surface area contributed by atoms with Gasteiger partial charge in [-0.15, -0.1) is 0 Å². The topological polar surface area (TPSA) is 95.9 Å². The second-order valence-corrected chi connectivity index (χ2v) is 7.37. The van der Waals surface area contributed by atoms with Crippen molar-refractivity contribution in [1.29, 1.82) is 0 Å². The second kappa shape index (κ2) is 8.52. The number of rotatable bonds is 4. The minimum Gasteiger partial charge on any atom is -0.481 e. The summed E-state index contributed by atoms with van der Waals surface area (Å²) in [6.45, 7) is 3.48. The van der Waals surface area contributed by atoms with Gasteiger partial charge in [-0.3, -0.25) is 14.4 Å². The van der Waals surface area contributed by atoms with Gasteiger partial charge in [0.1, 0.15) is 0 Å². The molecule has 2 saturated heterocycles. The quantitative estimate of drug-likeness (QED) is 0.844. The number of aliphatic carboxylic acids is 1. The molecule has 7 nitrogen and oxygen atoms in total. The van der Waals surface area contributed by atoms with Crippen molar-refractivity contribution in [2.75, 3.05) is 25.0 Å². The predicted molar refractivity (Wildman–Crippen MR) is 99.5 cm³/mol. The zero-order chi connectivity index (χ0) is 19.4. The van der Waals surface area contributed by atoms with E-state index in [4.69, 9.17) is 9.84 Å². The van der Waals surface area contributed by atoms with E-state index < -0.39 is 5.97 Å². The molecule has 0 spiro atoms. The number of carboxylic acid groups (broad SMARTS) is 1. The van der Waals surface area contributed by atoms with Crippen LogP contribution in [0, 0.1) is 11.8 Å². The first-order valence-electron chi connectivity index (χ1n) is 9.48. The predicted octanol–water partition coefficient (Wildman–Crippen LogP) is 2.38. The Kier molecular flexibility index (Phi) is 6.11. The lowest BCUT2D eigenvalue weighted by molar-refractivity contribution is -0.143. The fourth-order valence-electron chi connectivity index (χ4n) is 3.69. The van der Waals surface area contributed by atoms with E-state index in [1.165, 1.54) is 0 Å². The number of nitrogens with one attached hydrogen (secondary N) is 1. The van der Waals surface area contributed by atoms with E-state index in [-0.39, 0.29) is 29.8 Å². The van der Waals surface area contributed by atoms with Gasteiger partial charge in [0.15, 0.2) is 0 Å². The van der Waals surface area contributed by atoms with Gasteiger partial charge in [-0.1, -0.05) is 0 Å². The monoisotopic (exact) mass is 374 g/mol. The third-order valence-electron chi connectivity index (χ3n) is 5.39. The molecule has 27 heavy (non-hydrogen) atoms. The molecule has 2 fully saturated rings. The SMILES string of the molecule is CC1CC(C(=O)Nc2ccc(C(=O)N3CCC(C(=O)O)CC3)cc2)CCO1. The lowest BCUT2D eigenvalue weighted by Gasteiger charge is -2.30. The van der Waals surface area contributed by atoms with E-state index in [0.29, 0.717) is 50.2 Å². The number of piperidine rings is 1. The second-order valence-electron chi connectivity index (χ2n) is 7.37. The van der Waals surface area contributed by atoms with Crippen LogP contribution in [0.1, 0.15) is 43.0 Å². The number of carbonyl (C=O) groups is 3. The largest absolute Gasteiger partial charge is 0.481 e. The molecule has 3 rings (SSSR count). The Morgan fingerprint density at radius 3 is 2.33 bits per heavy atom. The zero-order valence-electron chi connectivity index (χ0n) is 15.5. The highest BCUT2D eigenvalue weighted by atomic mass is 16.5. The Balaban J connectivity index is 1.54. The number of anilines is 1. The van der Waals surface area contributed by atoms with Gasteiger partial charge in [0.2, 0.25) is 5.91 Å². The summed E-state index contributed by atoms with van der Waals surface area (Å²) >= 11 is 0. The summed E-state index contributed by atoms with van der Waals surface area (Å²) in [6.07, 6.45) is 2.50. The van der Waals surface area contributed by atoms with Crippen molar-refractivity contribution >= 4 is 23.5 Å². The molecule has 2 aliphatic heterocycles. The third kappa shape index (κ3) is 4.86. The van der Waals surface area contributed by atoms with E-state index in [2.05, 4.69) is 5.32 Å². The third-order valence-corrected chi connectivity index (χ3v) is 5.39. The molecule has 0 aliphatic carbocycles. The summed E-state index contributed by atoms with van der Waals surface area (Å²) in [5.41, 5.74) is 1.21. The molecule has 146 valence electrons. The van der Waals surface area contributed by atoms with E-state index in [9.17, 15) is 14.4 Å². The lowest BCUT2D eigenvalue weighted by atomic mass is 9.95. The highest BCUT2D eigenvalue weighted by Gasteiger charge is 2.28. The van der Waals surface area contributed by atoms with Crippen LogP contribution in [0.3, 0.4) is 0 Å². The maximum absolute atomic E-state index is 12.6. The van der Waals surface area contributed by atoms with Gasteiger partial charge < -0.3 is 20.1 Å². The fraction of sp³-hybridized carbons (Fsp3) is 0.550. The molecular weight excluding hydrogens is 348 g/mol. The molecule has 2 heterocycles. The van der Waals surface area contributed by atoms with Crippen molar-refractivity contribution < 1.29 is 24.2 Å². The molecule has 2 N–H and O–H groups in total. The number of ether oxygens (including phenoxy) is 1. The molecule has 1 aromatic rings. The van der Waals surface area contributed by atoms with Crippen LogP contribution in [0.25, 0.3) is 0 Å². The Hall–Kier alpha value is -2.41. The van der Waals surface area contributed by atoms with Gasteiger partial charge in [-0.25, -0.2) is 0 Å². The van der Waals surface area contributed by atoms with E-state index in [0.717, 1.165) is 6.42 Å². The van der Waals surface area contributed by atoms with Crippen molar-refractivity contribution in [2.24, 2.45) is 11.8 Å². The summed E-state index contributed by atoms with van der Waals surface area (Å²) in [7, 11) is 0. The minimum atomic E-state index is -0.791. The molecule has 0 saturated carbocycles. The first-order valence-corrected chi connectivity index (χ1v) is 9.48. The van der Waals surface area contributed by atoms with Crippen molar-refractivity contribution in [3.63, 3.8) is 0 Å². The zero-order valence-corrected chi connectivity index (χ0v) is 15.5. The highest BCUT2D eigenvalue weighted by Crippen LogP contribution is 2.23. The number of likely N-dealkylation sites (tertiary alicyclic amines) is 1. The van der Waals surface area contributed by atoms with Crippen LogP contribution in [-0.2, 0) is 14.3 Å². The van der Waals surface area contributed by atoms with Gasteiger partial charge in [-0.05, 0) is 56.9 Å². The fourth-order valence-corrected chi connectivity index (χ4v) is 3.69. The number of carboxylic acids is 1. The number of benzene rings is 1. The molecule has 2 atom stereocenters. The van der Waals surface area contributed by atoms with Gasteiger partial charge in [0.05, 0.1) is 12.0 Å². The van der Waals surface area contributed by atoms with E-state index in [1.54, 1.807) is 29.2 Å². The van der Waals surface area contributed by atoms with Crippen LogP contribution in [0.15, 0.2) is 24.3 Å². The molecule has 2 amide bonds. The minimum absolute atomic E-state index is 0.0139. The van der Waals surface area contributed by atoms with Crippen LogP contribution in [-0.4, -0.2) is 53.6 Å². The van der Waals surface area contributed by atoms with Crippen molar-refractivity contribution in [1.82, 2.24) is 4.90 Å². The number of amides is 2. The maximum atomic E-state index is 12.6. The Labute approximate surface area is 158 Å². The molecule has 2 unspecified atom stereocenters. The summed E-state index contributed by atoms with van der Waals surface area (Å²) in [5.74, 6) is -1.32. The summed E-state index contributed by atoms with van der Waals surface area (Å²) in [4.78, 5) is 37.7. The van der Waals surface area contributed by atoms with Crippen LogP contribution in [0.4, 0.5) is 5.69 Å². The van der Waals surface area contributed by atoms with Crippen molar-refractivity contribution in [3.05, 3.63) is 29.8 Å². The van der Waals surface area contributed by atoms with Crippen LogP contribution < -0.4 is 5.32 Å². The molecule has 7 heteroatoms. The van der Waals surface area contributed by atoms with Gasteiger partial charge >= 0.3 is 5.97 Å². The molecule has 0 bridgehead atoms. The van der Waals surface area contributed by atoms with E-state index in [1.807, 2.05) is 6.92 Å². The molecule has 0 aromatic heterocycles. The number of carbonyl (C=O) groups excluding carboxylic acids is 2. The van der Waals surface area contributed by atoms with Gasteiger partial charge in [0.25, 0.3) is 5.91 Å². The smallest absolute Gasteiger partial charge is 0.306 e. The Morgan fingerprint density at radius 2 is 1.74 bits per heavy atom. The van der Waals surface area contributed by atoms with E-state index >= 15 is 0 Å². The Bertz CT molecular complexity index is 695. The summed E-state index contributed by atoms with van der Waals surface area (Å²) in [5, 5.41) is 12.0. The maximum Gasteiger partial charge on any atom is 0.306 e. The number of hydrogen-bond donors (Lipinski definition) is 2. The summed E-state index contributed by atoms with van der Waals surface area (Å²) in [6, 6.07) is 6.87. The first-order chi connectivity index (χ1) is 12.9. The lowest BCUT2D eigenvalue weighted by Crippen LogP contribution is -2.40. The number of hydrogen-bond acceptors (Lipinski definition) is 4. The first kappa shape index (κ1) is 19.4. The normalized spacial score (nSPS) is 23.7. The molecule has 1 aromatic carbocycles. The number of nitrogens with zero attached hydrogens (tertiary/aromatic N) is 1. The standard InChI is InChI=1S/C20H26N2O5/c1-13-12-16(8-11-27-13)18(23)21-17-4-2-14(3-5-17)19(24)22-9-6-15(7-10-22)20(25)26/h2-5,13,15-16H,6-12H2,1H3,(H,21,23)(H,25,26). The molecular formula is C20H26N2O5. The Morgan fingerprint density at radius 1 is 1.07 bits per heavy atom. The van der Waals surface area contributed by atoms with Crippen LogP contribution in [0.5, 0.6) is 0 Å².